The second-order valence-corrected chi connectivity index (χ2v) is 5.05. The summed E-state index contributed by atoms with van der Waals surface area (Å²) in [6.07, 6.45) is 0.602. The van der Waals surface area contributed by atoms with Crippen molar-refractivity contribution in [2.45, 2.75) is 26.4 Å². The van der Waals surface area contributed by atoms with Gasteiger partial charge in [-0.1, -0.05) is 18.2 Å². The minimum absolute atomic E-state index is 0.0456. The number of hydrogen-bond acceptors (Lipinski definition) is 4. The summed E-state index contributed by atoms with van der Waals surface area (Å²) in [5, 5.41) is 9.10. The highest BCUT2D eigenvalue weighted by Gasteiger charge is 2.08. The van der Waals surface area contributed by atoms with Crippen LogP contribution in [0.2, 0.25) is 0 Å². The Morgan fingerprint density at radius 1 is 1.10 bits per heavy atom. The monoisotopic (exact) mass is 287 g/mol. The van der Waals surface area contributed by atoms with Crippen LogP contribution in [0.15, 0.2) is 42.5 Å². The van der Waals surface area contributed by atoms with E-state index >= 15 is 0 Å². The molecule has 0 radical (unpaired) electrons. The Bertz CT molecular complexity index is 596. The van der Waals surface area contributed by atoms with Gasteiger partial charge in [0.05, 0.1) is 11.8 Å². The van der Waals surface area contributed by atoms with E-state index in [2.05, 4.69) is 0 Å². The SMILES string of the molecule is CC(C)Oc1cc(Oc2ccccc2CCO)ccc1N. The van der Waals surface area contributed by atoms with Crippen LogP contribution in [-0.4, -0.2) is 17.8 Å². The number of benzene rings is 2. The molecule has 3 N–H and O–H groups in total. The molecule has 0 bridgehead atoms. The van der Waals surface area contributed by atoms with Gasteiger partial charge in [0, 0.05) is 12.7 Å². The van der Waals surface area contributed by atoms with Crippen molar-refractivity contribution in [3.05, 3.63) is 48.0 Å². The van der Waals surface area contributed by atoms with E-state index in [0.29, 0.717) is 23.6 Å². The number of aliphatic hydroxyl groups is 1. The van der Waals surface area contributed by atoms with Crippen LogP contribution < -0.4 is 15.2 Å². The second kappa shape index (κ2) is 6.99. The van der Waals surface area contributed by atoms with Crippen LogP contribution in [0, 0.1) is 0 Å². The third kappa shape index (κ3) is 4.13. The third-order valence-electron chi connectivity index (χ3n) is 2.93. The Kier molecular flexibility index (Phi) is 5.06. The van der Waals surface area contributed by atoms with E-state index in [1.165, 1.54) is 0 Å². The minimum atomic E-state index is 0.0456. The lowest BCUT2D eigenvalue weighted by Gasteiger charge is -2.15. The standard InChI is InChI=1S/C17H21NO3/c1-12(2)20-17-11-14(7-8-15(17)18)21-16-6-4-3-5-13(16)9-10-19/h3-8,11-12,19H,9-10,18H2,1-2H3. The Morgan fingerprint density at radius 2 is 1.86 bits per heavy atom. The van der Waals surface area contributed by atoms with Crippen LogP contribution in [0.3, 0.4) is 0 Å². The Labute approximate surface area is 125 Å². The van der Waals surface area contributed by atoms with Crippen molar-refractivity contribution in [3.63, 3.8) is 0 Å². The van der Waals surface area contributed by atoms with Gasteiger partial charge in [0.1, 0.15) is 17.2 Å². The zero-order chi connectivity index (χ0) is 15.2. The second-order valence-electron chi connectivity index (χ2n) is 5.05. The van der Waals surface area contributed by atoms with Crippen LogP contribution in [-0.2, 0) is 6.42 Å². The third-order valence-corrected chi connectivity index (χ3v) is 2.93. The summed E-state index contributed by atoms with van der Waals surface area (Å²) in [5.74, 6) is 2.00. The molecule has 112 valence electrons. The lowest BCUT2D eigenvalue weighted by atomic mass is 10.1. The summed E-state index contributed by atoms with van der Waals surface area (Å²) in [4.78, 5) is 0. The summed E-state index contributed by atoms with van der Waals surface area (Å²) in [5.41, 5.74) is 7.44. The number of para-hydroxylation sites is 1. The zero-order valence-corrected chi connectivity index (χ0v) is 12.4. The number of aliphatic hydroxyl groups excluding tert-OH is 1. The summed E-state index contributed by atoms with van der Waals surface area (Å²) in [7, 11) is 0. The quantitative estimate of drug-likeness (QED) is 0.799. The van der Waals surface area contributed by atoms with Gasteiger partial charge in [-0.2, -0.15) is 0 Å². The predicted octanol–water partition coefficient (Wildman–Crippen LogP) is 3.38. The number of ether oxygens (including phenoxy) is 2. The number of nitrogens with two attached hydrogens (primary N) is 1. The molecule has 0 aliphatic carbocycles. The molecule has 0 atom stereocenters. The summed E-state index contributed by atoms with van der Waals surface area (Å²) < 4.78 is 11.5. The maximum Gasteiger partial charge on any atom is 0.146 e. The van der Waals surface area contributed by atoms with E-state index < -0.39 is 0 Å². The summed E-state index contributed by atoms with van der Waals surface area (Å²) >= 11 is 0. The lowest BCUT2D eigenvalue weighted by molar-refractivity contribution is 0.243. The fourth-order valence-corrected chi connectivity index (χ4v) is 1.99. The number of anilines is 1. The van der Waals surface area contributed by atoms with Crippen LogP contribution in [0.4, 0.5) is 5.69 Å². The first-order valence-corrected chi connectivity index (χ1v) is 7.03. The fraction of sp³-hybridized carbons (Fsp3) is 0.294. The first kappa shape index (κ1) is 15.2. The average molecular weight is 287 g/mol. The molecule has 0 heterocycles. The lowest BCUT2D eigenvalue weighted by Crippen LogP contribution is -2.07. The summed E-state index contributed by atoms with van der Waals surface area (Å²) in [6.45, 7) is 3.98. The molecule has 21 heavy (non-hydrogen) atoms. The highest BCUT2D eigenvalue weighted by atomic mass is 16.5. The predicted molar refractivity (Wildman–Crippen MR) is 83.9 cm³/mol. The highest BCUT2D eigenvalue weighted by molar-refractivity contribution is 5.56. The topological polar surface area (TPSA) is 64.7 Å². The Hall–Kier alpha value is -2.20. The molecule has 2 aromatic carbocycles. The molecule has 0 amide bonds. The van der Waals surface area contributed by atoms with Gasteiger partial charge >= 0.3 is 0 Å². The number of hydrogen-bond donors (Lipinski definition) is 2. The molecule has 4 heteroatoms. The van der Waals surface area contributed by atoms with E-state index in [9.17, 15) is 0 Å². The largest absolute Gasteiger partial charge is 0.489 e. The zero-order valence-electron chi connectivity index (χ0n) is 12.4. The van der Waals surface area contributed by atoms with E-state index in [0.717, 1.165) is 11.3 Å². The van der Waals surface area contributed by atoms with Crippen molar-refractivity contribution in [1.29, 1.82) is 0 Å². The first-order valence-electron chi connectivity index (χ1n) is 7.03. The average Bonchev–Trinajstić information content (AvgIpc) is 2.44. The molecular formula is C17H21NO3. The van der Waals surface area contributed by atoms with Gasteiger partial charge in [-0.15, -0.1) is 0 Å². The van der Waals surface area contributed by atoms with E-state index in [-0.39, 0.29) is 12.7 Å². The van der Waals surface area contributed by atoms with Gasteiger partial charge in [-0.3, -0.25) is 0 Å². The minimum Gasteiger partial charge on any atom is -0.489 e. The Balaban J connectivity index is 2.23. The van der Waals surface area contributed by atoms with Crippen LogP contribution in [0.5, 0.6) is 17.2 Å². The van der Waals surface area contributed by atoms with Gasteiger partial charge < -0.3 is 20.3 Å². The molecule has 0 saturated carbocycles. The van der Waals surface area contributed by atoms with E-state index in [1.807, 2.05) is 38.1 Å². The van der Waals surface area contributed by atoms with Gasteiger partial charge in [0.15, 0.2) is 0 Å². The van der Waals surface area contributed by atoms with Crippen molar-refractivity contribution < 1.29 is 14.6 Å². The van der Waals surface area contributed by atoms with Crippen molar-refractivity contribution in [3.8, 4) is 17.2 Å². The van der Waals surface area contributed by atoms with Crippen molar-refractivity contribution in [1.82, 2.24) is 0 Å². The molecule has 0 aliphatic rings. The number of rotatable bonds is 6. The Morgan fingerprint density at radius 3 is 2.57 bits per heavy atom. The van der Waals surface area contributed by atoms with Gasteiger partial charge in [0.2, 0.25) is 0 Å². The van der Waals surface area contributed by atoms with E-state index in [4.69, 9.17) is 20.3 Å². The highest BCUT2D eigenvalue weighted by Crippen LogP contribution is 2.32. The van der Waals surface area contributed by atoms with Crippen molar-refractivity contribution in [2.75, 3.05) is 12.3 Å². The maximum absolute atomic E-state index is 9.10. The van der Waals surface area contributed by atoms with Crippen LogP contribution in [0.1, 0.15) is 19.4 Å². The molecule has 0 unspecified atom stereocenters. The maximum atomic E-state index is 9.10. The molecule has 0 aliphatic heterocycles. The normalized spacial score (nSPS) is 10.7. The van der Waals surface area contributed by atoms with Crippen LogP contribution >= 0.6 is 0 Å². The van der Waals surface area contributed by atoms with Crippen LogP contribution in [0.25, 0.3) is 0 Å². The molecule has 2 aromatic rings. The van der Waals surface area contributed by atoms with Crippen molar-refractivity contribution >= 4 is 5.69 Å². The molecule has 0 fully saturated rings. The molecule has 0 spiro atoms. The smallest absolute Gasteiger partial charge is 0.146 e. The van der Waals surface area contributed by atoms with E-state index in [1.54, 1.807) is 18.2 Å². The van der Waals surface area contributed by atoms with Crippen molar-refractivity contribution in [2.24, 2.45) is 0 Å². The first-order chi connectivity index (χ1) is 10.1. The van der Waals surface area contributed by atoms with Gasteiger partial charge in [-0.05, 0) is 44.0 Å². The molecule has 4 nitrogen and oxygen atoms in total. The summed E-state index contributed by atoms with van der Waals surface area (Å²) in [6, 6.07) is 13.0. The molecule has 0 aromatic heterocycles. The molecule has 0 saturated heterocycles. The fourth-order valence-electron chi connectivity index (χ4n) is 1.99. The molecular weight excluding hydrogens is 266 g/mol. The van der Waals surface area contributed by atoms with Gasteiger partial charge in [-0.25, -0.2) is 0 Å². The molecule has 2 rings (SSSR count). The van der Waals surface area contributed by atoms with Gasteiger partial charge in [0.25, 0.3) is 0 Å². The number of nitrogen functional groups attached to an aromatic ring is 1.